The van der Waals surface area contributed by atoms with Crippen LogP contribution in [0.1, 0.15) is 5.89 Å². The highest BCUT2D eigenvalue weighted by Crippen LogP contribution is 2.40. The second kappa shape index (κ2) is 4.11. The van der Waals surface area contributed by atoms with Crippen LogP contribution < -0.4 is 5.73 Å². The predicted molar refractivity (Wildman–Crippen MR) is 58.7 cm³/mol. The summed E-state index contributed by atoms with van der Waals surface area (Å²) in [5.74, 6) is -0.132. The summed E-state index contributed by atoms with van der Waals surface area (Å²) in [6.07, 6.45) is 0. The molecule has 6 nitrogen and oxygen atoms in total. The summed E-state index contributed by atoms with van der Waals surface area (Å²) in [5, 5.41) is 22.8. The molecule has 0 saturated carbocycles. The SMILES string of the molecule is NCc1nc(-c2ccc(Br)c(O)c2O)no1. The van der Waals surface area contributed by atoms with E-state index in [1.54, 1.807) is 12.1 Å². The Labute approximate surface area is 98.8 Å². The number of phenols is 2. The summed E-state index contributed by atoms with van der Waals surface area (Å²) in [7, 11) is 0. The van der Waals surface area contributed by atoms with E-state index in [2.05, 4.69) is 26.1 Å². The zero-order chi connectivity index (χ0) is 11.7. The third-order valence-electron chi connectivity index (χ3n) is 1.99. The number of aromatic hydroxyl groups is 2. The van der Waals surface area contributed by atoms with Gasteiger partial charge >= 0.3 is 0 Å². The largest absolute Gasteiger partial charge is 0.504 e. The molecule has 84 valence electrons. The molecular formula is C9H8BrN3O3. The molecule has 2 aromatic rings. The lowest BCUT2D eigenvalue weighted by Gasteiger charge is -2.03. The van der Waals surface area contributed by atoms with E-state index in [9.17, 15) is 10.2 Å². The molecule has 1 heterocycles. The van der Waals surface area contributed by atoms with Crippen LogP contribution in [0.3, 0.4) is 0 Å². The highest BCUT2D eigenvalue weighted by Gasteiger charge is 2.16. The molecule has 0 fully saturated rings. The van der Waals surface area contributed by atoms with E-state index in [1.807, 2.05) is 0 Å². The zero-order valence-corrected chi connectivity index (χ0v) is 9.60. The molecule has 0 aliphatic carbocycles. The molecule has 1 aromatic heterocycles. The monoisotopic (exact) mass is 285 g/mol. The minimum Gasteiger partial charge on any atom is -0.504 e. The van der Waals surface area contributed by atoms with Crippen LogP contribution in [0.4, 0.5) is 0 Å². The van der Waals surface area contributed by atoms with Crippen molar-refractivity contribution in [3.63, 3.8) is 0 Å². The topological polar surface area (TPSA) is 105 Å². The number of hydrogen-bond acceptors (Lipinski definition) is 6. The lowest BCUT2D eigenvalue weighted by atomic mass is 10.2. The quantitative estimate of drug-likeness (QED) is 0.720. The van der Waals surface area contributed by atoms with Crippen LogP contribution in [0.15, 0.2) is 21.1 Å². The lowest BCUT2D eigenvalue weighted by Crippen LogP contribution is -1.95. The third kappa shape index (κ3) is 1.74. The molecule has 7 heteroatoms. The molecule has 2 rings (SSSR count). The summed E-state index contributed by atoms with van der Waals surface area (Å²) < 4.78 is 5.19. The van der Waals surface area contributed by atoms with Crippen LogP contribution in [0.25, 0.3) is 11.4 Å². The van der Waals surface area contributed by atoms with Crippen molar-refractivity contribution >= 4 is 15.9 Å². The molecule has 0 aliphatic rings. The first-order valence-corrected chi connectivity index (χ1v) is 5.16. The molecule has 0 atom stereocenters. The van der Waals surface area contributed by atoms with Crippen molar-refractivity contribution in [2.75, 3.05) is 0 Å². The number of rotatable bonds is 2. The predicted octanol–water partition coefficient (Wildman–Crippen LogP) is 1.37. The summed E-state index contributed by atoms with van der Waals surface area (Å²) >= 11 is 3.08. The third-order valence-corrected chi connectivity index (χ3v) is 2.63. The Kier molecular flexibility index (Phi) is 2.80. The van der Waals surface area contributed by atoms with Gasteiger partial charge in [0.1, 0.15) is 0 Å². The van der Waals surface area contributed by atoms with E-state index in [0.29, 0.717) is 4.47 Å². The van der Waals surface area contributed by atoms with E-state index >= 15 is 0 Å². The number of benzene rings is 1. The molecule has 0 saturated heterocycles. The number of aromatic nitrogens is 2. The maximum Gasteiger partial charge on any atom is 0.240 e. The molecule has 16 heavy (non-hydrogen) atoms. The van der Waals surface area contributed by atoms with Crippen molar-refractivity contribution in [3.8, 4) is 22.9 Å². The first kappa shape index (κ1) is 10.9. The normalized spacial score (nSPS) is 10.6. The molecular weight excluding hydrogens is 278 g/mol. The molecule has 4 N–H and O–H groups in total. The number of phenolic OH excluding ortho intramolecular Hbond substituents is 2. The van der Waals surface area contributed by atoms with Gasteiger partial charge in [-0.3, -0.25) is 0 Å². The Morgan fingerprint density at radius 3 is 2.69 bits per heavy atom. The maximum atomic E-state index is 9.68. The minimum absolute atomic E-state index is 0.121. The summed E-state index contributed by atoms with van der Waals surface area (Å²) in [6.45, 7) is 0.121. The zero-order valence-electron chi connectivity index (χ0n) is 8.01. The fourth-order valence-corrected chi connectivity index (χ4v) is 1.50. The number of nitrogens with two attached hydrogens (primary N) is 1. The highest BCUT2D eigenvalue weighted by atomic mass is 79.9. The second-order valence-electron chi connectivity index (χ2n) is 3.01. The van der Waals surface area contributed by atoms with Crippen LogP contribution in [-0.4, -0.2) is 20.4 Å². The van der Waals surface area contributed by atoms with E-state index < -0.39 is 0 Å². The maximum absolute atomic E-state index is 9.68. The van der Waals surface area contributed by atoms with Crippen molar-refractivity contribution in [1.82, 2.24) is 10.1 Å². The fourth-order valence-electron chi connectivity index (χ4n) is 1.18. The fraction of sp³-hybridized carbons (Fsp3) is 0.111. The van der Waals surface area contributed by atoms with E-state index in [4.69, 9.17) is 10.3 Å². The van der Waals surface area contributed by atoms with Crippen LogP contribution in [0.2, 0.25) is 0 Å². The Morgan fingerprint density at radius 2 is 2.06 bits per heavy atom. The van der Waals surface area contributed by atoms with E-state index in [0.717, 1.165) is 0 Å². The average Bonchev–Trinajstić information content (AvgIpc) is 2.74. The van der Waals surface area contributed by atoms with Crippen molar-refractivity contribution in [3.05, 3.63) is 22.5 Å². The van der Waals surface area contributed by atoms with Gasteiger partial charge in [0.25, 0.3) is 0 Å². The highest BCUT2D eigenvalue weighted by molar-refractivity contribution is 9.10. The van der Waals surface area contributed by atoms with Crippen molar-refractivity contribution in [1.29, 1.82) is 0 Å². The van der Waals surface area contributed by atoms with Gasteiger partial charge in [0.2, 0.25) is 11.7 Å². The average molecular weight is 286 g/mol. The van der Waals surface area contributed by atoms with Crippen LogP contribution >= 0.6 is 15.9 Å². The second-order valence-corrected chi connectivity index (χ2v) is 3.86. The molecule has 0 radical (unpaired) electrons. The molecule has 0 bridgehead atoms. The van der Waals surface area contributed by atoms with Gasteiger partial charge in [-0.2, -0.15) is 4.98 Å². The van der Waals surface area contributed by atoms with Gasteiger partial charge in [-0.05, 0) is 28.1 Å². The number of nitrogens with zero attached hydrogens (tertiary/aromatic N) is 2. The van der Waals surface area contributed by atoms with Crippen molar-refractivity contribution < 1.29 is 14.7 Å². The summed E-state index contributed by atoms with van der Waals surface area (Å²) in [4.78, 5) is 3.94. The van der Waals surface area contributed by atoms with Gasteiger partial charge in [-0.1, -0.05) is 5.16 Å². The molecule has 1 aromatic carbocycles. The van der Waals surface area contributed by atoms with E-state index in [1.165, 1.54) is 0 Å². The van der Waals surface area contributed by atoms with Gasteiger partial charge in [-0.15, -0.1) is 0 Å². The van der Waals surface area contributed by atoms with Crippen LogP contribution in [0, 0.1) is 0 Å². The van der Waals surface area contributed by atoms with Gasteiger partial charge in [0, 0.05) is 0 Å². The first-order valence-electron chi connectivity index (χ1n) is 4.37. The van der Waals surface area contributed by atoms with Crippen molar-refractivity contribution in [2.45, 2.75) is 6.54 Å². The van der Waals surface area contributed by atoms with Gasteiger partial charge in [-0.25, -0.2) is 0 Å². The molecule has 0 amide bonds. The van der Waals surface area contributed by atoms with Gasteiger partial charge < -0.3 is 20.5 Å². The number of hydrogen-bond donors (Lipinski definition) is 3. The Morgan fingerprint density at radius 1 is 1.31 bits per heavy atom. The van der Waals surface area contributed by atoms with Crippen molar-refractivity contribution in [2.24, 2.45) is 5.73 Å². The Bertz CT molecular complexity index is 527. The summed E-state index contributed by atoms with van der Waals surface area (Å²) in [6, 6.07) is 3.13. The van der Waals surface area contributed by atoms with Gasteiger partial charge in [0.05, 0.1) is 16.6 Å². The van der Waals surface area contributed by atoms with E-state index in [-0.39, 0.29) is 35.3 Å². The Balaban J connectivity index is 2.52. The lowest BCUT2D eigenvalue weighted by molar-refractivity contribution is 0.379. The standard InChI is InChI=1S/C9H8BrN3O3/c10-5-2-1-4(7(14)8(5)15)9-12-6(3-11)16-13-9/h1-2,14-15H,3,11H2. The minimum atomic E-state index is -0.307. The first-order chi connectivity index (χ1) is 7.63. The van der Waals surface area contributed by atoms with Gasteiger partial charge in [0.15, 0.2) is 11.5 Å². The Hall–Kier alpha value is -1.60. The summed E-state index contributed by atoms with van der Waals surface area (Å²) in [5.41, 5.74) is 5.60. The molecule has 0 unspecified atom stereocenters. The number of halogens is 1. The molecule has 0 aliphatic heterocycles. The molecule has 0 spiro atoms. The smallest absolute Gasteiger partial charge is 0.240 e. The van der Waals surface area contributed by atoms with Crippen LogP contribution in [0.5, 0.6) is 11.5 Å². The van der Waals surface area contributed by atoms with Crippen LogP contribution in [-0.2, 0) is 6.54 Å².